The van der Waals surface area contributed by atoms with Crippen molar-refractivity contribution in [3.05, 3.63) is 52.1 Å². The number of ether oxygens (including phenoxy) is 1. The lowest BCUT2D eigenvalue weighted by Gasteiger charge is -2.19. The Balaban J connectivity index is 2.00. The van der Waals surface area contributed by atoms with Gasteiger partial charge in [-0.05, 0) is 59.1 Å². The van der Waals surface area contributed by atoms with Gasteiger partial charge in [-0.3, -0.25) is 0 Å². The van der Waals surface area contributed by atoms with Crippen LogP contribution in [0.3, 0.4) is 0 Å². The fourth-order valence-corrected chi connectivity index (χ4v) is 2.20. The van der Waals surface area contributed by atoms with Crippen molar-refractivity contribution in [1.29, 1.82) is 0 Å². The van der Waals surface area contributed by atoms with Crippen LogP contribution in [0.2, 0.25) is 0 Å². The van der Waals surface area contributed by atoms with Crippen molar-refractivity contribution >= 4 is 21.7 Å². The number of likely N-dealkylation sites (N-methyl/N-ethyl adjacent to an activating group) is 1. The van der Waals surface area contributed by atoms with Crippen LogP contribution in [0, 0.1) is 6.92 Å². The zero-order valence-corrected chi connectivity index (χ0v) is 13.6. The number of benzene rings is 1. The Labute approximate surface area is 128 Å². The van der Waals surface area contributed by atoms with Crippen molar-refractivity contribution in [2.24, 2.45) is 0 Å². The molecule has 1 aromatic carbocycles. The molecule has 4 heteroatoms. The lowest BCUT2D eigenvalue weighted by atomic mass is 10.1. The summed E-state index contributed by atoms with van der Waals surface area (Å²) in [5.74, 6) is 1.90. The molecule has 0 aliphatic rings. The van der Waals surface area contributed by atoms with Crippen molar-refractivity contribution in [3.63, 3.8) is 0 Å². The molecule has 0 spiro atoms. The summed E-state index contributed by atoms with van der Waals surface area (Å²) in [7, 11) is 3.76. The number of hydrogen-bond donors (Lipinski definition) is 0. The second-order valence-electron chi connectivity index (χ2n) is 4.76. The third-order valence-electron chi connectivity index (χ3n) is 3.27. The molecule has 0 fully saturated rings. The van der Waals surface area contributed by atoms with Gasteiger partial charge in [-0.25, -0.2) is 4.98 Å². The molecule has 0 bridgehead atoms. The number of methoxy groups -OCH3 is 1. The molecular formula is C16H19BrN2O. The zero-order chi connectivity index (χ0) is 14.5. The van der Waals surface area contributed by atoms with Crippen LogP contribution in [-0.4, -0.2) is 25.7 Å². The standard InChI is InChI=1S/C16H19BrN2O/c1-12-15(17)7-8-16(18-12)19(2)10-9-13-5-4-6-14(11-13)20-3/h4-8,11H,9-10H2,1-3H3. The minimum atomic E-state index is 0.905. The Morgan fingerprint density at radius 2 is 2.05 bits per heavy atom. The van der Waals surface area contributed by atoms with Gasteiger partial charge in [0.15, 0.2) is 0 Å². The first-order valence-corrected chi connectivity index (χ1v) is 7.36. The Morgan fingerprint density at radius 3 is 2.75 bits per heavy atom. The molecule has 3 nitrogen and oxygen atoms in total. The van der Waals surface area contributed by atoms with Crippen LogP contribution in [0.5, 0.6) is 5.75 Å². The Morgan fingerprint density at radius 1 is 1.25 bits per heavy atom. The molecule has 0 saturated carbocycles. The molecule has 106 valence electrons. The number of anilines is 1. The minimum absolute atomic E-state index is 0.905. The third kappa shape index (κ3) is 3.73. The van der Waals surface area contributed by atoms with Gasteiger partial charge in [-0.1, -0.05) is 12.1 Å². The summed E-state index contributed by atoms with van der Waals surface area (Å²) >= 11 is 3.48. The normalized spacial score (nSPS) is 10.4. The van der Waals surface area contributed by atoms with Gasteiger partial charge in [0.2, 0.25) is 0 Å². The van der Waals surface area contributed by atoms with E-state index in [9.17, 15) is 0 Å². The fourth-order valence-electron chi connectivity index (χ4n) is 1.98. The van der Waals surface area contributed by atoms with Crippen molar-refractivity contribution in [3.8, 4) is 5.75 Å². The maximum absolute atomic E-state index is 5.24. The van der Waals surface area contributed by atoms with Gasteiger partial charge in [-0.2, -0.15) is 0 Å². The summed E-state index contributed by atoms with van der Waals surface area (Å²) in [6, 6.07) is 12.3. The monoisotopic (exact) mass is 334 g/mol. The van der Waals surface area contributed by atoms with Gasteiger partial charge >= 0.3 is 0 Å². The summed E-state index contributed by atoms with van der Waals surface area (Å²) in [4.78, 5) is 6.74. The van der Waals surface area contributed by atoms with Gasteiger partial charge < -0.3 is 9.64 Å². The number of aryl methyl sites for hydroxylation is 1. The molecule has 2 rings (SSSR count). The quantitative estimate of drug-likeness (QED) is 0.830. The van der Waals surface area contributed by atoms with Crippen LogP contribution in [0.15, 0.2) is 40.9 Å². The Kier molecular flexibility index (Phi) is 5.01. The van der Waals surface area contributed by atoms with Crippen LogP contribution < -0.4 is 9.64 Å². The average molecular weight is 335 g/mol. The predicted molar refractivity (Wildman–Crippen MR) is 86.6 cm³/mol. The SMILES string of the molecule is COc1cccc(CCN(C)c2ccc(Br)c(C)n2)c1. The van der Waals surface area contributed by atoms with E-state index in [2.05, 4.69) is 45.0 Å². The van der Waals surface area contributed by atoms with Gasteiger partial charge in [0.25, 0.3) is 0 Å². The molecular weight excluding hydrogens is 316 g/mol. The topological polar surface area (TPSA) is 25.4 Å². The van der Waals surface area contributed by atoms with Crippen LogP contribution in [0.4, 0.5) is 5.82 Å². The third-order valence-corrected chi connectivity index (χ3v) is 4.11. The van der Waals surface area contributed by atoms with E-state index >= 15 is 0 Å². The van der Waals surface area contributed by atoms with Crippen LogP contribution in [-0.2, 0) is 6.42 Å². The average Bonchev–Trinajstić information content (AvgIpc) is 2.47. The van der Waals surface area contributed by atoms with E-state index in [1.165, 1.54) is 5.56 Å². The minimum Gasteiger partial charge on any atom is -0.497 e. The molecule has 0 radical (unpaired) electrons. The summed E-state index contributed by atoms with van der Waals surface area (Å²) in [6.45, 7) is 2.92. The summed E-state index contributed by atoms with van der Waals surface area (Å²) in [5.41, 5.74) is 2.28. The maximum Gasteiger partial charge on any atom is 0.128 e. The predicted octanol–water partition coefficient (Wildman–Crippen LogP) is 3.84. The number of halogens is 1. The van der Waals surface area contributed by atoms with E-state index in [1.807, 2.05) is 31.2 Å². The van der Waals surface area contributed by atoms with Crippen LogP contribution in [0.25, 0.3) is 0 Å². The molecule has 2 aromatic rings. The molecule has 0 aliphatic carbocycles. The van der Waals surface area contributed by atoms with Crippen LogP contribution >= 0.6 is 15.9 Å². The highest BCUT2D eigenvalue weighted by Gasteiger charge is 2.05. The van der Waals surface area contributed by atoms with Gasteiger partial charge in [0, 0.05) is 18.1 Å². The summed E-state index contributed by atoms with van der Waals surface area (Å²) < 4.78 is 6.29. The van der Waals surface area contributed by atoms with Crippen molar-refractivity contribution in [2.45, 2.75) is 13.3 Å². The van der Waals surface area contributed by atoms with Crippen molar-refractivity contribution in [1.82, 2.24) is 4.98 Å². The first-order chi connectivity index (χ1) is 9.60. The number of nitrogens with zero attached hydrogens (tertiary/aromatic N) is 2. The lowest BCUT2D eigenvalue weighted by Crippen LogP contribution is -2.21. The Hall–Kier alpha value is -1.55. The number of pyridine rings is 1. The highest BCUT2D eigenvalue weighted by atomic mass is 79.9. The van der Waals surface area contributed by atoms with Crippen LogP contribution in [0.1, 0.15) is 11.3 Å². The van der Waals surface area contributed by atoms with Crippen molar-refractivity contribution in [2.75, 3.05) is 25.6 Å². The number of rotatable bonds is 5. The second kappa shape index (κ2) is 6.75. The lowest BCUT2D eigenvalue weighted by molar-refractivity contribution is 0.414. The van der Waals surface area contributed by atoms with E-state index in [0.29, 0.717) is 0 Å². The van der Waals surface area contributed by atoms with E-state index in [-0.39, 0.29) is 0 Å². The van der Waals surface area contributed by atoms with E-state index in [1.54, 1.807) is 7.11 Å². The van der Waals surface area contributed by atoms with Gasteiger partial charge in [-0.15, -0.1) is 0 Å². The Bertz CT molecular complexity index is 586. The second-order valence-corrected chi connectivity index (χ2v) is 5.61. The molecule has 20 heavy (non-hydrogen) atoms. The smallest absolute Gasteiger partial charge is 0.128 e. The molecule has 0 atom stereocenters. The molecule has 0 N–H and O–H groups in total. The largest absolute Gasteiger partial charge is 0.497 e. The van der Waals surface area contributed by atoms with E-state index in [0.717, 1.165) is 34.7 Å². The molecule has 0 unspecified atom stereocenters. The molecule has 0 saturated heterocycles. The molecule has 1 aromatic heterocycles. The first kappa shape index (κ1) is 14.9. The summed E-state index contributed by atoms with van der Waals surface area (Å²) in [6.07, 6.45) is 0.963. The van der Waals surface area contributed by atoms with Gasteiger partial charge in [0.1, 0.15) is 11.6 Å². The number of aromatic nitrogens is 1. The highest BCUT2D eigenvalue weighted by molar-refractivity contribution is 9.10. The van der Waals surface area contributed by atoms with E-state index in [4.69, 9.17) is 4.74 Å². The summed E-state index contributed by atoms with van der Waals surface area (Å²) in [5, 5.41) is 0. The molecule has 0 aliphatic heterocycles. The van der Waals surface area contributed by atoms with Crippen molar-refractivity contribution < 1.29 is 4.74 Å². The molecule has 1 heterocycles. The number of hydrogen-bond acceptors (Lipinski definition) is 3. The maximum atomic E-state index is 5.24. The first-order valence-electron chi connectivity index (χ1n) is 6.57. The zero-order valence-electron chi connectivity index (χ0n) is 12.1. The highest BCUT2D eigenvalue weighted by Crippen LogP contribution is 2.19. The van der Waals surface area contributed by atoms with E-state index < -0.39 is 0 Å². The molecule has 0 amide bonds. The van der Waals surface area contributed by atoms with Gasteiger partial charge in [0.05, 0.1) is 12.8 Å². The fraction of sp³-hybridized carbons (Fsp3) is 0.312.